The van der Waals surface area contributed by atoms with Gasteiger partial charge in [-0.15, -0.1) is 10.2 Å². The zero-order valence-corrected chi connectivity index (χ0v) is 11.5. The van der Waals surface area contributed by atoms with Crippen molar-refractivity contribution < 1.29 is 17.9 Å². The molecule has 0 aliphatic heterocycles. The zero-order valence-electron chi connectivity index (χ0n) is 10.7. The van der Waals surface area contributed by atoms with E-state index < -0.39 is 11.7 Å². The third-order valence-electron chi connectivity index (χ3n) is 2.34. The van der Waals surface area contributed by atoms with Crippen molar-refractivity contribution in [1.29, 1.82) is 0 Å². The number of alkyl halides is 3. The van der Waals surface area contributed by atoms with Crippen LogP contribution in [0.2, 0.25) is 0 Å². The average Bonchev–Trinajstić information content (AvgIpc) is 2.74. The molecule has 0 bridgehead atoms. The Labute approximate surface area is 117 Å². The number of nitrogen functional groups attached to an aromatic ring is 1. The fourth-order valence-electron chi connectivity index (χ4n) is 1.59. The van der Waals surface area contributed by atoms with Crippen molar-refractivity contribution in [2.24, 2.45) is 0 Å². The first kappa shape index (κ1) is 14.6. The molecule has 0 radical (unpaired) electrons. The third-order valence-corrected chi connectivity index (χ3v) is 3.14. The Kier molecular flexibility index (Phi) is 3.85. The fraction of sp³-hybridized carbons (Fsp3) is 0.333. The van der Waals surface area contributed by atoms with E-state index in [4.69, 9.17) is 10.5 Å². The molecule has 1 aromatic carbocycles. The van der Waals surface area contributed by atoms with Gasteiger partial charge in [-0.3, -0.25) is 0 Å². The van der Waals surface area contributed by atoms with Crippen molar-refractivity contribution in [1.82, 2.24) is 10.2 Å². The molecule has 8 heteroatoms. The van der Waals surface area contributed by atoms with Crippen molar-refractivity contribution >= 4 is 16.5 Å². The average molecular weight is 303 g/mol. The van der Waals surface area contributed by atoms with Gasteiger partial charge in [0.05, 0.1) is 11.7 Å². The van der Waals surface area contributed by atoms with Gasteiger partial charge in [-0.1, -0.05) is 11.3 Å². The lowest BCUT2D eigenvalue weighted by atomic mass is 10.1. The lowest BCUT2D eigenvalue weighted by molar-refractivity contribution is -0.139. The first-order valence-corrected chi connectivity index (χ1v) is 6.56. The molecule has 2 rings (SSSR count). The number of nitrogens with zero attached hydrogens (tertiary/aromatic N) is 2. The van der Waals surface area contributed by atoms with Gasteiger partial charge in [0.2, 0.25) is 5.13 Å². The van der Waals surface area contributed by atoms with Crippen LogP contribution in [0.1, 0.15) is 19.4 Å². The van der Waals surface area contributed by atoms with Gasteiger partial charge < -0.3 is 10.5 Å². The minimum absolute atomic E-state index is 0.200. The van der Waals surface area contributed by atoms with Gasteiger partial charge in [0.1, 0.15) is 10.8 Å². The SMILES string of the molecule is CC(C)Oc1ccc(-c2nnc(N)s2)cc1C(F)(F)F. The van der Waals surface area contributed by atoms with Crippen LogP contribution in [-0.4, -0.2) is 16.3 Å². The number of nitrogens with two attached hydrogens (primary N) is 1. The van der Waals surface area contributed by atoms with Crippen LogP contribution in [0.15, 0.2) is 18.2 Å². The van der Waals surface area contributed by atoms with Gasteiger partial charge in [0.25, 0.3) is 0 Å². The summed E-state index contributed by atoms with van der Waals surface area (Å²) in [5.74, 6) is -0.200. The summed E-state index contributed by atoms with van der Waals surface area (Å²) < 4.78 is 44.4. The Morgan fingerprint density at radius 1 is 1.25 bits per heavy atom. The summed E-state index contributed by atoms with van der Waals surface area (Å²) in [6.45, 7) is 3.33. The van der Waals surface area contributed by atoms with E-state index in [0.717, 1.165) is 17.4 Å². The Balaban J connectivity index is 2.48. The van der Waals surface area contributed by atoms with E-state index >= 15 is 0 Å². The van der Waals surface area contributed by atoms with Crippen molar-refractivity contribution in [3.05, 3.63) is 23.8 Å². The number of hydrogen-bond donors (Lipinski definition) is 1. The van der Waals surface area contributed by atoms with E-state index in [0.29, 0.717) is 10.6 Å². The van der Waals surface area contributed by atoms with Crippen LogP contribution in [0.25, 0.3) is 10.6 Å². The second-order valence-electron chi connectivity index (χ2n) is 4.32. The number of rotatable bonds is 3. The number of hydrogen-bond acceptors (Lipinski definition) is 5. The molecular weight excluding hydrogens is 291 g/mol. The van der Waals surface area contributed by atoms with Crippen LogP contribution < -0.4 is 10.5 Å². The fourth-order valence-corrected chi connectivity index (χ4v) is 2.20. The Hall–Kier alpha value is -1.83. The minimum atomic E-state index is -4.50. The van der Waals surface area contributed by atoms with Gasteiger partial charge in [0.15, 0.2) is 0 Å². The summed E-state index contributed by atoms with van der Waals surface area (Å²) in [6.07, 6.45) is -4.85. The number of halogens is 3. The molecule has 0 unspecified atom stereocenters. The van der Waals surface area contributed by atoms with E-state index in [1.54, 1.807) is 13.8 Å². The second kappa shape index (κ2) is 5.28. The molecule has 0 saturated carbocycles. The second-order valence-corrected chi connectivity index (χ2v) is 5.33. The van der Waals surface area contributed by atoms with Gasteiger partial charge >= 0.3 is 6.18 Å². The molecule has 20 heavy (non-hydrogen) atoms. The van der Waals surface area contributed by atoms with Crippen LogP contribution in [0, 0.1) is 0 Å². The van der Waals surface area contributed by atoms with Crippen molar-refractivity contribution in [3.63, 3.8) is 0 Å². The van der Waals surface area contributed by atoms with Gasteiger partial charge in [-0.05, 0) is 32.0 Å². The standard InChI is InChI=1S/C12H12F3N3OS/c1-6(2)19-9-4-3-7(5-8(9)12(13,14)15)10-17-18-11(16)20-10/h3-6H,1-2H3,(H2,16,18). The van der Waals surface area contributed by atoms with E-state index in [1.807, 2.05) is 0 Å². The molecule has 0 saturated heterocycles. The van der Waals surface area contributed by atoms with Crippen molar-refractivity contribution in [2.75, 3.05) is 5.73 Å². The van der Waals surface area contributed by atoms with Gasteiger partial charge in [-0.25, -0.2) is 0 Å². The monoisotopic (exact) mass is 303 g/mol. The van der Waals surface area contributed by atoms with Crippen LogP contribution in [0.5, 0.6) is 5.75 Å². The summed E-state index contributed by atoms with van der Waals surface area (Å²) in [6, 6.07) is 3.79. The minimum Gasteiger partial charge on any atom is -0.490 e. The Morgan fingerprint density at radius 3 is 2.45 bits per heavy atom. The number of benzene rings is 1. The molecule has 108 valence electrons. The predicted octanol–water partition coefficient (Wildman–Crippen LogP) is 3.59. The van der Waals surface area contributed by atoms with E-state index in [1.165, 1.54) is 12.1 Å². The summed E-state index contributed by atoms with van der Waals surface area (Å²) in [4.78, 5) is 0. The smallest absolute Gasteiger partial charge is 0.419 e. The van der Waals surface area contributed by atoms with Crippen LogP contribution >= 0.6 is 11.3 Å². The topological polar surface area (TPSA) is 61.0 Å². The third kappa shape index (κ3) is 3.19. The highest BCUT2D eigenvalue weighted by Gasteiger charge is 2.35. The molecule has 0 fully saturated rings. The maximum Gasteiger partial charge on any atom is 0.419 e. The van der Waals surface area contributed by atoms with Crippen molar-refractivity contribution in [3.8, 4) is 16.3 Å². The van der Waals surface area contributed by atoms with Gasteiger partial charge in [-0.2, -0.15) is 13.2 Å². The summed E-state index contributed by atoms with van der Waals surface area (Å²) >= 11 is 1.03. The summed E-state index contributed by atoms with van der Waals surface area (Å²) in [5, 5.41) is 7.87. The molecular formula is C12H12F3N3OS. The maximum atomic E-state index is 13.1. The first-order chi connectivity index (χ1) is 9.27. The molecule has 1 heterocycles. The maximum absolute atomic E-state index is 13.1. The predicted molar refractivity (Wildman–Crippen MR) is 70.5 cm³/mol. The van der Waals surface area contributed by atoms with Crippen LogP contribution in [-0.2, 0) is 6.18 Å². The molecule has 2 aromatic rings. The first-order valence-electron chi connectivity index (χ1n) is 5.74. The van der Waals surface area contributed by atoms with E-state index in [9.17, 15) is 13.2 Å². The molecule has 0 amide bonds. The highest BCUT2D eigenvalue weighted by Crippen LogP contribution is 2.39. The van der Waals surface area contributed by atoms with E-state index in [2.05, 4.69) is 10.2 Å². The largest absolute Gasteiger partial charge is 0.490 e. The van der Waals surface area contributed by atoms with Gasteiger partial charge in [0, 0.05) is 5.56 Å². The molecule has 0 spiro atoms. The molecule has 0 aliphatic rings. The Bertz CT molecular complexity index is 610. The van der Waals surface area contributed by atoms with Crippen molar-refractivity contribution in [2.45, 2.75) is 26.1 Å². The summed E-state index contributed by atoms with van der Waals surface area (Å²) in [5.41, 5.74) is 4.91. The zero-order chi connectivity index (χ0) is 14.9. The summed E-state index contributed by atoms with van der Waals surface area (Å²) in [7, 11) is 0. The molecule has 0 atom stereocenters. The number of aromatic nitrogens is 2. The number of ether oxygens (including phenoxy) is 1. The molecule has 1 aromatic heterocycles. The lowest BCUT2D eigenvalue weighted by Crippen LogP contribution is -2.13. The highest BCUT2D eigenvalue weighted by molar-refractivity contribution is 7.18. The highest BCUT2D eigenvalue weighted by atomic mass is 32.1. The molecule has 4 nitrogen and oxygen atoms in total. The quantitative estimate of drug-likeness (QED) is 0.941. The molecule has 2 N–H and O–H groups in total. The van der Waals surface area contributed by atoms with E-state index in [-0.39, 0.29) is 17.0 Å². The Morgan fingerprint density at radius 2 is 1.95 bits per heavy atom. The normalized spacial score (nSPS) is 11.9. The molecule has 0 aliphatic carbocycles. The number of anilines is 1. The van der Waals surface area contributed by atoms with Crippen LogP contribution in [0.4, 0.5) is 18.3 Å². The van der Waals surface area contributed by atoms with Crippen LogP contribution in [0.3, 0.4) is 0 Å². The lowest BCUT2D eigenvalue weighted by Gasteiger charge is -2.16.